The normalized spacial score (nSPS) is 10.6. The standard InChI is InChI=1S/C20H19N3O5S/c1-3-27-19(25)14-6-8-15(9-7-14)21-17(24)12-29-18-20(26)28-22-23(18)16-10-4-13(2)5-11-16/h4-11H,3,12H2,1-2H3,(H-,21,22,24,25,26). The highest BCUT2D eigenvalue weighted by atomic mass is 32.2. The molecule has 0 aliphatic rings. The molecule has 8 nitrogen and oxygen atoms in total. The van der Waals surface area contributed by atoms with Gasteiger partial charge in [-0.2, -0.15) is 0 Å². The number of amides is 1. The fraction of sp³-hybridized carbons (Fsp3) is 0.200. The number of nitrogens with zero attached hydrogens (tertiary/aromatic N) is 2. The molecule has 29 heavy (non-hydrogen) atoms. The molecule has 3 aromatic rings. The van der Waals surface area contributed by atoms with Gasteiger partial charge in [-0.05, 0) is 54.6 Å². The van der Waals surface area contributed by atoms with Crippen LogP contribution in [-0.4, -0.2) is 29.5 Å². The predicted octanol–water partition coefficient (Wildman–Crippen LogP) is 2.24. The number of anilines is 1. The molecule has 3 rings (SSSR count). The lowest BCUT2D eigenvalue weighted by Crippen LogP contribution is -2.35. The Hall–Kier alpha value is -3.33. The Labute approximate surface area is 171 Å². The second-order valence-corrected chi connectivity index (χ2v) is 7.01. The smallest absolute Gasteiger partial charge is 0.338 e. The van der Waals surface area contributed by atoms with Crippen LogP contribution < -0.4 is 15.1 Å². The maximum absolute atomic E-state index is 12.2. The molecule has 0 aliphatic carbocycles. The van der Waals surface area contributed by atoms with Crippen molar-refractivity contribution in [2.75, 3.05) is 17.7 Å². The molecule has 0 aliphatic heterocycles. The van der Waals surface area contributed by atoms with E-state index < -0.39 is 11.9 Å². The number of nitrogens with one attached hydrogen (secondary N) is 1. The summed E-state index contributed by atoms with van der Waals surface area (Å²) in [5, 5.41) is 18.6. The van der Waals surface area contributed by atoms with Crippen molar-refractivity contribution in [3.05, 3.63) is 59.7 Å². The first-order chi connectivity index (χ1) is 14.0. The number of carbonyl (C=O) groups excluding carboxylic acids is 2. The molecule has 9 heteroatoms. The van der Waals surface area contributed by atoms with Gasteiger partial charge < -0.3 is 19.7 Å². The third-order valence-electron chi connectivity index (χ3n) is 3.87. The Bertz CT molecular complexity index is 1000. The number of aromatic nitrogens is 2. The van der Waals surface area contributed by atoms with Gasteiger partial charge in [-0.15, -0.1) is 0 Å². The monoisotopic (exact) mass is 413 g/mol. The van der Waals surface area contributed by atoms with Gasteiger partial charge in [0.05, 0.1) is 23.2 Å². The van der Waals surface area contributed by atoms with Gasteiger partial charge in [-0.3, -0.25) is 4.79 Å². The number of thioether (sulfide) groups is 1. The molecule has 0 atom stereocenters. The number of hydrogen-bond donors (Lipinski definition) is 1. The molecular formula is C20H19N3O5S. The summed E-state index contributed by atoms with van der Waals surface area (Å²) in [5.74, 6) is -1.35. The molecule has 0 radical (unpaired) electrons. The summed E-state index contributed by atoms with van der Waals surface area (Å²) in [4.78, 5) is 23.9. The first kappa shape index (κ1) is 20.4. The van der Waals surface area contributed by atoms with E-state index in [0.717, 1.165) is 17.3 Å². The Balaban J connectivity index is 1.62. The first-order valence-electron chi connectivity index (χ1n) is 8.84. The quantitative estimate of drug-likeness (QED) is 0.359. The van der Waals surface area contributed by atoms with Gasteiger partial charge >= 0.3 is 5.97 Å². The van der Waals surface area contributed by atoms with Crippen molar-refractivity contribution in [2.24, 2.45) is 0 Å². The van der Waals surface area contributed by atoms with Crippen molar-refractivity contribution < 1.29 is 28.6 Å². The predicted molar refractivity (Wildman–Crippen MR) is 104 cm³/mol. The van der Waals surface area contributed by atoms with Crippen molar-refractivity contribution in [3.8, 4) is 11.6 Å². The van der Waals surface area contributed by atoms with Gasteiger partial charge in [0.25, 0.3) is 5.03 Å². The molecule has 1 heterocycles. The minimum atomic E-state index is -0.609. The summed E-state index contributed by atoms with van der Waals surface area (Å²) in [5.41, 5.74) is 2.67. The SMILES string of the molecule is CCOC(=O)c1ccc(NC(=O)CSc2c([O-])on[n+]2-c2ccc(C)cc2)cc1. The number of hydrogen-bond acceptors (Lipinski definition) is 7. The average molecular weight is 413 g/mol. The molecule has 1 N–H and O–H groups in total. The molecule has 0 saturated heterocycles. The Morgan fingerprint density at radius 2 is 1.86 bits per heavy atom. The second kappa shape index (κ2) is 9.24. The zero-order valence-electron chi connectivity index (χ0n) is 15.9. The summed E-state index contributed by atoms with van der Waals surface area (Å²) in [6, 6.07) is 13.8. The van der Waals surface area contributed by atoms with Crippen molar-refractivity contribution >= 4 is 29.3 Å². The Morgan fingerprint density at radius 3 is 2.52 bits per heavy atom. The van der Waals surface area contributed by atoms with Crippen LogP contribution in [0.5, 0.6) is 5.95 Å². The van der Waals surface area contributed by atoms with E-state index in [1.165, 1.54) is 4.68 Å². The van der Waals surface area contributed by atoms with Crippen LogP contribution in [0.2, 0.25) is 0 Å². The largest absolute Gasteiger partial charge is 0.538 e. The summed E-state index contributed by atoms with van der Waals surface area (Å²) >= 11 is 1.03. The fourth-order valence-electron chi connectivity index (χ4n) is 2.45. The van der Waals surface area contributed by atoms with Gasteiger partial charge in [0.15, 0.2) is 5.95 Å². The maximum atomic E-state index is 12.2. The van der Waals surface area contributed by atoms with Gasteiger partial charge in [-0.1, -0.05) is 17.7 Å². The van der Waals surface area contributed by atoms with E-state index in [0.29, 0.717) is 23.5 Å². The van der Waals surface area contributed by atoms with Gasteiger partial charge in [-0.25, -0.2) is 4.79 Å². The molecule has 0 saturated carbocycles. The molecule has 1 aromatic heterocycles. The minimum absolute atomic E-state index is 0.0120. The van der Waals surface area contributed by atoms with E-state index in [-0.39, 0.29) is 16.7 Å². The zero-order valence-corrected chi connectivity index (χ0v) is 16.7. The summed E-state index contributed by atoms with van der Waals surface area (Å²) in [6.07, 6.45) is 0. The van der Waals surface area contributed by atoms with Crippen molar-refractivity contribution in [2.45, 2.75) is 18.9 Å². The van der Waals surface area contributed by atoms with Crippen LogP contribution in [0.1, 0.15) is 22.8 Å². The lowest BCUT2D eigenvalue weighted by molar-refractivity contribution is -0.705. The molecule has 0 bridgehead atoms. The van der Waals surface area contributed by atoms with Crippen molar-refractivity contribution in [3.63, 3.8) is 0 Å². The summed E-state index contributed by atoms with van der Waals surface area (Å²) < 4.78 is 11.0. The van der Waals surface area contributed by atoms with Crippen LogP contribution in [0.15, 0.2) is 58.1 Å². The van der Waals surface area contributed by atoms with Crippen LogP contribution in [0.25, 0.3) is 5.69 Å². The molecular weight excluding hydrogens is 394 g/mol. The Kier molecular flexibility index (Phi) is 6.50. The van der Waals surface area contributed by atoms with Crippen molar-refractivity contribution in [1.82, 2.24) is 5.27 Å². The molecule has 0 fully saturated rings. The van der Waals surface area contributed by atoms with E-state index in [2.05, 4.69) is 10.6 Å². The molecule has 0 unspecified atom stereocenters. The lowest BCUT2D eigenvalue weighted by atomic mass is 10.2. The van der Waals surface area contributed by atoms with Gasteiger partial charge in [0, 0.05) is 17.8 Å². The number of rotatable bonds is 7. The minimum Gasteiger partial charge on any atom is -0.538 e. The number of ether oxygens (including phenoxy) is 1. The van der Waals surface area contributed by atoms with Crippen LogP contribution in [-0.2, 0) is 9.53 Å². The van der Waals surface area contributed by atoms with E-state index in [1.54, 1.807) is 31.2 Å². The number of esters is 1. The molecule has 1 amide bonds. The topological polar surface area (TPSA) is 108 Å². The summed E-state index contributed by atoms with van der Waals surface area (Å²) in [7, 11) is 0. The average Bonchev–Trinajstić information content (AvgIpc) is 3.08. The van der Waals surface area contributed by atoms with Gasteiger partial charge in [0.2, 0.25) is 11.6 Å². The third kappa shape index (κ3) is 5.14. The highest BCUT2D eigenvalue weighted by molar-refractivity contribution is 7.99. The first-order valence-corrected chi connectivity index (χ1v) is 9.82. The molecule has 0 spiro atoms. The Morgan fingerprint density at radius 1 is 1.17 bits per heavy atom. The number of carbonyl (C=O) groups is 2. The maximum Gasteiger partial charge on any atom is 0.338 e. The van der Waals surface area contributed by atoms with E-state index in [4.69, 9.17) is 9.26 Å². The highest BCUT2D eigenvalue weighted by Gasteiger charge is 2.22. The van der Waals surface area contributed by atoms with Crippen LogP contribution in [0.4, 0.5) is 5.69 Å². The van der Waals surface area contributed by atoms with E-state index in [9.17, 15) is 14.7 Å². The van der Waals surface area contributed by atoms with Crippen LogP contribution >= 0.6 is 11.8 Å². The van der Waals surface area contributed by atoms with E-state index in [1.807, 2.05) is 31.2 Å². The van der Waals surface area contributed by atoms with E-state index >= 15 is 0 Å². The fourth-order valence-corrected chi connectivity index (χ4v) is 3.20. The van der Waals surface area contributed by atoms with Gasteiger partial charge in [0.1, 0.15) is 0 Å². The lowest BCUT2D eigenvalue weighted by Gasteiger charge is -2.06. The van der Waals surface area contributed by atoms with Crippen LogP contribution in [0.3, 0.4) is 0 Å². The van der Waals surface area contributed by atoms with Crippen molar-refractivity contribution in [1.29, 1.82) is 0 Å². The van der Waals surface area contributed by atoms with Crippen LogP contribution in [0, 0.1) is 6.92 Å². The number of aryl methyl sites for hydroxylation is 1. The zero-order chi connectivity index (χ0) is 20.8. The highest BCUT2D eigenvalue weighted by Crippen LogP contribution is 2.23. The summed E-state index contributed by atoms with van der Waals surface area (Å²) in [6.45, 7) is 3.98. The molecule has 150 valence electrons. The number of benzene rings is 2. The molecule has 2 aromatic carbocycles. The third-order valence-corrected chi connectivity index (χ3v) is 4.89. The second-order valence-electron chi connectivity index (χ2n) is 6.05.